The number of anilines is 1. The zero-order valence-electron chi connectivity index (χ0n) is 17.7. The number of nitrogens with one attached hydrogen (secondary N) is 2. The Balaban J connectivity index is 1.40. The third-order valence-electron chi connectivity index (χ3n) is 4.82. The first kappa shape index (κ1) is 22.7. The summed E-state index contributed by atoms with van der Waals surface area (Å²) in [5, 5.41) is 8.66. The SMILES string of the molecule is O=C(N/N=C\c1ccccc1OC(=O)c1ccc(Cl)cc1)C(=O)Nc1cccc2ccccc12. The molecule has 168 valence electrons. The van der Waals surface area contributed by atoms with Crippen molar-refractivity contribution in [2.24, 2.45) is 5.10 Å². The van der Waals surface area contributed by atoms with E-state index in [1.165, 1.54) is 6.21 Å². The molecule has 2 N–H and O–H groups in total. The molecule has 8 heteroatoms. The lowest BCUT2D eigenvalue weighted by Crippen LogP contribution is -2.32. The van der Waals surface area contributed by atoms with Crippen molar-refractivity contribution in [1.82, 2.24) is 5.43 Å². The molecule has 0 bridgehead atoms. The van der Waals surface area contributed by atoms with E-state index in [2.05, 4.69) is 15.8 Å². The first-order valence-electron chi connectivity index (χ1n) is 10.2. The van der Waals surface area contributed by atoms with Gasteiger partial charge >= 0.3 is 17.8 Å². The van der Waals surface area contributed by atoms with Crippen LogP contribution in [-0.2, 0) is 9.59 Å². The van der Waals surface area contributed by atoms with Gasteiger partial charge in [-0.2, -0.15) is 5.10 Å². The highest BCUT2D eigenvalue weighted by molar-refractivity contribution is 6.40. The Morgan fingerprint density at radius 1 is 0.794 bits per heavy atom. The maximum absolute atomic E-state index is 12.4. The van der Waals surface area contributed by atoms with Gasteiger partial charge in [-0.25, -0.2) is 10.2 Å². The molecular weight excluding hydrogens is 454 g/mol. The lowest BCUT2D eigenvalue weighted by atomic mass is 10.1. The summed E-state index contributed by atoms with van der Waals surface area (Å²) >= 11 is 5.85. The first-order chi connectivity index (χ1) is 16.5. The molecular formula is C26H18ClN3O4. The molecule has 0 unspecified atom stereocenters. The molecule has 0 aliphatic carbocycles. The van der Waals surface area contributed by atoms with E-state index < -0.39 is 17.8 Å². The third kappa shape index (κ3) is 5.46. The van der Waals surface area contributed by atoms with Gasteiger partial charge in [-0.15, -0.1) is 0 Å². The van der Waals surface area contributed by atoms with Gasteiger partial charge in [0.05, 0.1) is 11.8 Å². The highest BCUT2D eigenvalue weighted by atomic mass is 35.5. The highest BCUT2D eigenvalue weighted by Gasteiger charge is 2.15. The molecule has 0 spiro atoms. The minimum atomic E-state index is -0.945. The lowest BCUT2D eigenvalue weighted by molar-refractivity contribution is -0.136. The summed E-state index contributed by atoms with van der Waals surface area (Å²) in [5.41, 5.74) is 3.45. The van der Waals surface area contributed by atoms with E-state index in [9.17, 15) is 14.4 Å². The van der Waals surface area contributed by atoms with Gasteiger partial charge in [-0.3, -0.25) is 9.59 Å². The molecule has 34 heavy (non-hydrogen) atoms. The predicted octanol–water partition coefficient (Wildman–Crippen LogP) is 4.80. The van der Waals surface area contributed by atoms with E-state index in [-0.39, 0.29) is 5.75 Å². The van der Waals surface area contributed by atoms with Crippen LogP contribution in [0.5, 0.6) is 5.75 Å². The molecule has 2 amide bonds. The summed E-state index contributed by atoms with van der Waals surface area (Å²) in [6, 6.07) is 25.8. The van der Waals surface area contributed by atoms with Crippen molar-refractivity contribution in [3.8, 4) is 5.75 Å². The largest absolute Gasteiger partial charge is 0.422 e. The van der Waals surface area contributed by atoms with Crippen molar-refractivity contribution in [3.05, 3.63) is 107 Å². The number of benzene rings is 4. The molecule has 4 rings (SSSR count). The van der Waals surface area contributed by atoms with Crippen LogP contribution in [0.25, 0.3) is 10.8 Å². The molecule has 4 aromatic rings. The summed E-state index contributed by atoms with van der Waals surface area (Å²) < 4.78 is 5.43. The van der Waals surface area contributed by atoms with E-state index in [4.69, 9.17) is 16.3 Å². The van der Waals surface area contributed by atoms with Crippen LogP contribution in [0.1, 0.15) is 15.9 Å². The summed E-state index contributed by atoms with van der Waals surface area (Å²) in [4.78, 5) is 36.9. The normalized spacial score (nSPS) is 10.7. The van der Waals surface area contributed by atoms with Crippen molar-refractivity contribution < 1.29 is 19.1 Å². The Bertz CT molecular complexity index is 1400. The average molecular weight is 472 g/mol. The quantitative estimate of drug-likeness (QED) is 0.144. The van der Waals surface area contributed by atoms with Crippen LogP contribution in [0.3, 0.4) is 0 Å². The van der Waals surface area contributed by atoms with E-state index in [0.29, 0.717) is 21.8 Å². The zero-order chi connectivity index (χ0) is 23.9. The number of para-hydroxylation sites is 1. The standard InChI is InChI=1S/C26H18ClN3O4/c27-20-14-12-18(13-15-20)26(33)34-23-11-4-2-7-19(23)16-28-30-25(32)24(31)29-22-10-5-8-17-6-1-3-9-21(17)22/h1-16H,(H,29,31)(H,30,32)/b28-16-. The number of nitrogens with zero attached hydrogens (tertiary/aromatic N) is 1. The monoisotopic (exact) mass is 471 g/mol. The molecule has 0 aliphatic rings. The van der Waals surface area contributed by atoms with E-state index in [1.54, 1.807) is 60.7 Å². The number of rotatable bonds is 5. The fourth-order valence-electron chi connectivity index (χ4n) is 3.15. The number of carbonyl (C=O) groups excluding carboxylic acids is 3. The number of carbonyl (C=O) groups is 3. The Kier molecular flexibility index (Phi) is 6.95. The number of hydrazone groups is 1. The summed E-state index contributed by atoms with van der Waals surface area (Å²) in [7, 11) is 0. The molecule has 0 heterocycles. The second-order valence-electron chi connectivity index (χ2n) is 7.11. The van der Waals surface area contributed by atoms with E-state index >= 15 is 0 Å². The van der Waals surface area contributed by atoms with Gasteiger partial charge in [0.1, 0.15) is 5.75 Å². The van der Waals surface area contributed by atoms with Crippen LogP contribution in [0, 0.1) is 0 Å². The van der Waals surface area contributed by atoms with Crippen LogP contribution >= 0.6 is 11.6 Å². The summed E-state index contributed by atoms with van der Waals surface area (Å²) in [6.07, 6.45) is 1.29. The number of hydrogen-bond acceptors (Lipinski definition) is 5. The van der Waals surface area contributed by atoms with Crippen molar-refractivity contribution >= 4 is 52.1 Å². The van der Waals surface area contributed by atoms with Gasteiger partial charge in [0.2, 0.25) is 0 Å². The smallest absolute Gasteiger partial charge is 0.343 e. The third-order valence-corrected chi connectivity index (χ3v) is 5.07. The second kappa shape index (κ2) is 10.4. The second-order valence-corrected chi connectivity index (χ2v) is 7.55. The minimum absolute atomic E-state index is 0.237. The molecule has 0 radical (unpaired) electrons. The maximum atomic E-state index is 12.4. The number of amides is 2. The maximum Gasteiger partial charge on any atom is 0.343 e. The molecule has 0 aliphatic heterocycles. The van der Waals surface area contributed by atoms with Gasteiger partial charge in [0, 0.05) is 21.7 Å². The van der Waals surface area contributed by atoms with Gasteiger partial charge in [-0.05, 0) is 47.9 Å². The summed E-state index contributed by atoms with van der Waals surface area (Å²) in [6.45, 7) is 0. The first-order valence-corrected chi connectivity index (χ1v) is 10.6. The van der Waals surface area contributed by atoms with Crippen LogP contribution in [0.2, 0.25) is 5.02 Å². The number of ether oxygens (including phenoxy) is 1. The van der Waals surface area contributed by atoms with Gasteiger partial charge in [-0.1, -0.05) is 60.1 Å². The zero-order valence-corrected chi connectivity index (χ0v) is 18.5. The van der Waals surface area contributed by atoms with Crippen molar-refractivity contribution in [2.45, 2.75) is 0 Å². The molecule has 0 aromatic heterocycles. The molecule has 7 nitrogen and oxygen atoms in total. The Morgan fingerprint density at radius 3 is 2.32 bits per heavy atom. The summed E-state index contributed by atoms with van der Waals surface area (Å²) in [5.74, 6) is -2.15. The van der Waals surface area contributed by atoms with Gasteiger partial charge < -0.3 is 10.1 Å². The fraction of sp³-hybridized carbons (Fsp3) is 0. The Hall–Kier alpha value is -4.49. The molecule has 0 atom stereocenters. The van der Waals surface area contributed by atoms with E-state index in [1.807, 2.05) is 30.3 Å². The van der Waals surface area contributed by atoms with Gasteiger partial charge in [0.25, 0.3) is 0 Å². The molecule has 0 saturated carbocycles. The van der Waals surface area contributed by atoms with Crippen LogP contribution < -0.4 is 15.5 Å². The number of hydrogen-bond donors (Lipinski definition) is 2. The lowest BCUT2D eigenvalue weighted by Gasteiger charge is -2.08. The minimum Gasteiger partial charge on any atom is -0.422 e. The van der Waals surface area contributed by atoms with Gasteiger partial charge in [0.15, 0.2) is 0 Å². The number of halogens is 1. The number of fused-ring (bicyclic) bond motifs is 1. The fourth-order valence-corrected chi connectivity index (χ4v) is 3.28. The Labute approximate surface area is 200 Å². The van der Waals surface area contributed by atoms with Crippen LogP contribution in [0.4, 0.5) is 5.69 Å². The van der Waals surface area contributed by atoms with Crippen molar-refractivity contribution in [2.75, 3.05) is 5.32 Å². The van der Waals surface area contributed by atoms with Crippen molar-refractivity contribution in [1.29, 1.82) is 0 Å². The van der Waals surface area contributed by atoms with E-state index in [0.717, 1.165) is 10.8 Å². The molecule has 0 fully saturated rings. The molecule has 0 saturated heterocycles. The molecule has 4 aromatic carbocycles. The van der Waals surface area contributed by atoms with Crippen molar-refractivity contribution in [3.63, 3.8) is 0 Å². The topological polar surface area (TPSA) is 96.9 Å². The highest BCUT2D eigenvalue weighted by Crippen LogP contribution is 2.23. The van der Waals surface area contributed by atoms with Crippen LogP contribution in [-0.4, -0.2) is 24.0 Å². The van der Waals surface area contributed by atoms with Crippen LogP contribution in [0.15, 0.2) is 96.1 Å². The average Bonchev–Trinajstić information content (AvgIpc) is 2.85. The Morgan fingerprint density at radius 2 is 1.50 bits per heavy atom. The predicted molar refractivity (Wildman–Crippen MR) is 131 cm³/mol. The number of esters is 1.